The summed E-state index contributed by atoms with van der Waals surface area (Å²) in [4.78, 5) is 26.1. The van der Waals surface area contributed by atoms with Gasteiger partial charge in [-0.25, -0.2) is 4.79 Å². The van der Waals surface area contributed by atoms with Crippen molar-refractivity contribution in [2.75, 3.05) is 11.9 Å². The highest BCUT2D eigenvalue weighted by molar-refractivity contribution is 5.93. The molecule has 0 fully saturated rings. The van der Waals surface area contributed by atoms with Gasteiger partial charge in [0.1, 0.15) is 12.4 Å². The van der Waals surface area contributed by atoms with Crippen LogP contribution in [0.4, 0.5) is 5.69 Å². The van der Waals surface area contributed by atoms with Crippen LogP contribution in [0.15, 0.2) is 57.8 Å². The van der Waals surface area contributed by atoms with E-state index in [9.17, 15) is 9.59 Å². The molecule has 0 radical (unpaired) electrons. The minimum absolute atomic E-state index is 0.111. The molecule has 0 spiro atoms. The van der Waals surface area contributed by atoms with Crippen LogP contribution in [0.25, 0.3) is 11.4 Å². The molecule has 1 aromatic heterocycles. The maximum absolute atomic E-state index is 12.5. The smallest absolute Gasteiger partial charge is 0.439 e. The zero-order chi connectivity index (χ0) is 17.2. The van der Waals surface area contributed by atoms with Gasteiger partial charge in [0.2, 0.25) is 5.91 Å². The van der Waals surface area contributed by atoms with Crippen LogP contribution in [-0.4, -0.2) is 22.7 Å². The normalized spacial score (nSPS) is 15.9. The molecule has 2 heterocycles. The van der Waals surface area contributed by atoms with Gasteiger partial charge in [-0.2, -0.15) is 0 Å². The van der Waals surface area contributed by atoms with Crippen LogP contribution in [-0.2, 0) is 11.2 Å². The van der Waals surface area contributed by atoms with Crippen LogP contribution in [0.2, 0.25) is 0 Å². The fourth-order valence-corrected chi connectivity index (χ4v) is 2.84. The third-order valence-electron chi connectivity index (χ3n) is 4.09. The second-order valence-electron chi connectivity index (χ2n) is 5.83. The minimum atomic E-state index is -0.623. The second-order valence-corrected chi connectivity index (χ2v) is 5.83. The third kappa shape index (κ3) is 3.16. The van der Waals surface area contributed by atoms with Crippen LogP contribution in [0.1, 0.15) is 5.56 Å². The van der Waals surface area contributed by atoms with E-state index in [0.29, 0.717) is 30.1 Å². The summed E-state index contributed by atoms with van der Waals surface area (Å²) < 4.78 is 10.2. The molecule has 4 rings (SSSR count). The van der Waals surface area contributed by atoms with Gasteiger partial charge in [0.15, 0.2) is 5.82 Å². The van der Waals surface area contributed by atoms with Crippen molar-refractivity contribution in [3.05, 3.63) is 64.6 Å². The van der Waals surface area contributed by atoms with E-state index >= 15 is 0 Å². The Morgan fingerprint density at radius 3 is 2.92 bits per heavy atom. The summed E-state index contributed by atoms with van der Waals surface area (Å²) in [5.74, 6) is 0.160. The lowest BCUT2D eigenvalue weighted by atomic mass is 9.96. The number of para-hydroxylation sites is 1. The Morgan fingerprint density at radius 1 is 1.20 bits per heavy atom. The van der Waals surface area contributed by atoms with Gasteiger partial charge in [-0.1, -0.05) is 35.5 Å². The molecular weight excluding hydrogens is 322 g/mol. The SMILES string of the molecule is O=C(Nc1cccc(-c2noc(=O)[nH]2)c1)C1COc2ccccc2C1. The number of nitrogens with zero attached hydrogens (tertiary/aromatic N) is 1. The number of carbonyl (C=O) groups is 1. The van der Waals surface area contributed by atoms with Gasteiger partial charge >= 0.3 is 5.76 Å². The lowest BCUT2D eigenvalue weighted by Crippen LogP contribution is -2.32. The van der Waals surface area contributed by atoms with E-state index < -0.39 is 5.76 Å². The number of nitrogens with one attached hydrogen (secondary N) is 2. The molecule has 25 heavy (non-hydrogen) atoms. The second kappa shape index (κ2) is 6.27. The summed E-state index contributed by atoms with van der Waals surface area (Å²) in [6.07, 6.45) is 0.637. The largest absolute Gasteiger partial charge is 0.492 e. The highest BCUT2D eigenvalue weighted by Gasteiger charge is 2.25. The van der Waals surface area contributed by atoms with E-state index in [0.717, 1.165) is 11.3 Å². The number of benzene rings is 2. The number of aromatic nitrogens is 2. The Morgan fingerprint density at radius 2 is 2.08 bits per heavy atom. The quantitative estimate of drug-likeness (QED) is 0.764. The van der Waals surface area contributed by atoms with E-state index in [2.05, 4.69) is 20.0 Å². The lowest BCUT2D eigenvalue weighted by molar-refractivity contribution is -0.121. The maximum Gasteiger partial charge on any atom is 0.439 e. The van der Waals surface area contributed by atoms with Gasteiger partial charge in [-0.05, 0) is 30.2 Å². The number of ether oxygens (including phenoxy) is 1. The Balaban J connectivity index is 1.49. The summed E-state index contributed by atoms with van der Waals surface area (Å²) in [6.45, 7) is 0.346. The number of anilines is 1. The van der Waals surface area contributed by atoms with Gasteiger partial charge in [0.05, 0.1) is 5.92 Å². The van der Waals surface area contributed by atoms with Gasteiger partial charge in [-0.15, -0.1) is 0 Å². The number of hydrogen-bond acceptors (Lipinski definition) is 5. The molecule has 0 bridgehead atoms. The molecule has 3 aromatic rings. The molecule has 126 valence electrons. The topological polar surface area (TPSA) is 97.2 Å². The highest BCUT2D eigenvalue weighted by atomic mass is 16.5. The minimum Gasteiger partial charge on any atom is -0.492 e. The van der Waals surface area contributed by atoms with Crippen LogP contribution in [0, 0.1) is 5.92 Å². The number of hydrogen-bond donors (Lipinski definition) is 2. The molecule has 1 atom stereocenters. The fourth-order valence-electron chi connectivity index (χ4n) is 2.84. The lowest BCUT2D eigenvalue weighted by Gasteiger charge is -2.24. The number of rotatable bonds is 3. The standard InChI is InChI=1S/C18H15N3O4/c22-17(13-8-11-4-1-2-7-15(11)24-10-13)19-14-6-3-5-12(9-14)16-20-18(23)25-21-16/h1-7,9,13H,8,10H2,(H,19,22)(H,20,21,23). The van der Waals surface area contributed by atoms with Crippen molar-refractivity contribution in [1.29, 1.82) is 0 Å². The molecule has 1 aliphatic heterocycles. The summed E-state index contributed by atoms with van der Waals surface area (Å²) in [7, 11) is 0. The van der Waals surface area contributed by atoms with Crippen molar-refractivity contribution in [2.24, 2.45) is 5.92 Å². The first-order valence-electron chi connectivity index (χ1n) is 7.87. The molecule has 1 amide bonds. The molecule has 1 unspecified atom stereocenters. The van der Waals surface area contributed by atoms with E-state index in [1.807, 2.05) is 24.3 Å². The van der Waals surface area contributed by atoms with Crippen molar-refractivity contribution in [3.8, 4) is 17.1 Å². The van der Waals surface area contributed by atoms with Gasteiger partial charge in [0, 0.05) is 11.3 Å². The van der Waals surface area contributed by atoms with Crippen LogP contribution >= 0.6 is 0 Å². The number of fused-ring (bicyclic) bond motifs is 1. The first-order valence-corrected chi connectivity index (χ1v) is 7.87. The van der Waals surface area contributed by atoms with Gasteiger partial charge < -0.3 is 10.1 Å². The maximum atomic E-state index is 12.5. The predicted octanol–water partition coefficient (Wildman–Crippen LogP) is 2.22. The average Bonchev–Trinajstić information content (AvgIpc) is 3.08. The number of aromatic amines is 1. The summed E-state index contributed by atoms with van der Waals surface area (Å²) in [5.41, 5.74) is 2.29. The summed E-state index contributed by atoms with van der Waals surface area (Å²) in [6, 6.07) is 14.8. The van der Waals surface area contributed by atoms with Crippen LogP contribution in [0.5, 0.6) is 5.75 Å². The Bertz CT molecular complexity index is 976. The number of carbonyl (C=O) groups excluding carboxylic acids is 1. The predicted molar refractivity (Wildman–Crippen MR) is 90.3 cm³/mol. The number of H-pyrrole nitrogens is 1. The first-order chi connectivity index (χ1) is 12.2. The molecule has 2 N–H and O–H groups in total. The number of amides is 1. The molecular formula is C18H15N3O4. The van der Waals surface area contributed by atoms with E-state index in [1.54, 1.807) is 24.3 Å². The van der Waals surface area contributed by atoms with Crippen molar-refractivity contribution in [3.63, 3.8) is 0 Å². The summed E-state index contributed by atoms with van der Waals surface area (Å²) >= 11 is 0. The highest BCUT2D eigenvalue weighted by Crippen LogP contribution is 2.27. The molecule has 1 aliphatic rings. The van der Waals surface area contributed by atoms with E-state index in [4.69, 9.17) is 4.74 Å². The van der Waals surface area contributed by atoms with E-state index in [-0.39, 0.29) is 11.8 Å². The molecule has 0 saturated carbocycles. The molecule has 2 aromatic carbocycles. The molecule has 0 aliphatic carbocycles. The van der Waals surface area contributed by atoms with Gasteiger partial charge in [0.25, 0.3) is 0 Å². The van der Waals surface area contributed by atoms with E-state index in [1.165, 1.54) is 0 Å². The van der Waals surface area contributed by atoms with Gasteiger partial charge in [-0.3, -0.25) is 14.3 Å². The van der Waals surface area contributed by atoms with Crippen LogP contribution < -0.4 is 15.8 Å². The van der Waals surface area contributed by atoms with Crippen molar-refractivity contribution >= 4 is 11.6 Å². The molecule has 7 heteroatoms. The monoisotopic (exact) mass is 337 g/mol. The first kappa shape index (κ1) is 15.2. The Labute approximate surface area is 142 Å². The van der Waals surface area contributed by atoms with Crippen molar-refractivity contribution < 1.29 is 14.1 Å². The fraction of sp³-hybridized carbons (Fsp3) is 0.167. The zero-order valence-electron chi connectivity index (χ0n) is 13.2. The third-order valence-corrected chi connectivity index (χ3v) is 4.09. The molecule has 7 nitrogen and oxygen atoms in total. The Kier molecular flexibility index (Phi) is 3.81. The van der Waals surface area contributed by atoms with Crippen LogP contribution in [0.3, 0.4) is 0 Å². The van der Waals surface area contributed by atoms with Crippen molar-refractivity contribution in [2.45, 2.75) is 6.42 Å². The van der Waals surface area contributed by atoms with Crippen molar-refractivity contribution in [1.82, 2.24) is 10.1 Å². The average molecular weight is 337 g/mol. The zero-order valence-corrected chi connectivity index (χ0v) is 13.2. The summed E-state index contributed by atoms with van der Waals surface area (Å²) in [5, 5.41) is 6.54. The Hall–Kier alpha value is -3.35. The molecule has 0 saturated heterocycles.